The van der Waals surface area contributed by atoms with Crippen LogP contribution in [-0.4, -0.2) is 62.6 Å². The highest BCUT2D eigenvalue weighted by Crippen LogP contribution is 2.51. The Kier molecular flexibility index (Phi) is 4.95. The van der Waals surface area contributed by atoms with Gasteiger partial charge in [0.25, 0.3) is 0 Å². The Balaban J connectivity index is 1.50. The van der Waals surface area contributed by atoms with Crippen LogP contribution >= 0.6 is 0 Å². The highest BCUT2D eigenvalue weighted by atomic mass is 16.2. The fraction of sp³-hybridized carbons (Fsp3) is 0.800. The minimum Gasteiger partial charge on any atom is -0.343 e. The van der Waals surface area contributed by atoms with Gasteiger partial charge in [-0.1, -0.05) is 19.3 Å². The Hall–Kier alpha value is -1.92. The molecular formula is C20H31N5O2. The Bertz CT molecular complexity index is 701. The molecule has 2 amide bonds. The van der Waals surface area contributed by atoms with E-state index in [1.807, 2.05) is 16.5 Å². The molecule has 1 saturated carbocycles. The summed E-state index contributed by atoms with van der Waals surface area (Å²) in [4.78, 5) is 28.8. The summed E-state index contributed by atoms with van der Waals surface area (Å²) < 4.78 is 2.03. The summed E-state index contributed by atoms with van der Waals surface area (Å²) in [5, 5.41) is 8.51. The maximum atomic E-state index is 13.3. The van der Waals surface area contributed by atoms with E-state index in [0.29, 0.717) is 13.1 Å². The van der Waals surface area contributed by atoms with Crippen LogP contribution in [0.25, 0.3) is 0 Å². The summed E-state index contributed by atoms with van der Waals surface area (Å²) in [5.74, 6) is 1.77. The van der Waals surface area contributed by atoms with E-state index in [-0.39, 0.29) is 29.1 Å². The van der Waals surface area contributed by atoms with Crippen LogP contribution in [0.4, 0.5) is 0 Å². The third-order valence-corrected chi connectivity index (χ3v) is 7.16. The number of hydrogen-bond donors (Lipinski definition) is 0. The lowest BCUT2D eigenvalue weighted by molar-refractivity contribution is -0.139. The van der Waals surface area contributed by atoms with Crippen molar-refractivity contribution in [3.05, 3.63) is 12.2 Å². The molecule has 0 N–H and O–H groups in total. The molecule has 27 heavy (non-hydrogen) atoms. The van der Waals surface area contributed by atoms with Crippen molar-refractivity contribution >= 4 is 11.8 Å². The normalized spacial score (nSPS) is 25.9. The highest BCUT2D eigenvalue weighted by Gasteiger charge is 2.51. The van der Waals surface area contributed by atoms with E-state index in [1.54, 1.807) is 13.3 Å². The summed E-state index contributed by atoms with van der Waals surface area (Å²) in [6, 6.07) is 0. The van der Waals surface area contributed by atoms with Crippen LogP contribution < -0.4 is 0 Å². The Morgan fingerprint density at radius 3 is 2.41 bits per heavy atom. The second-order valence-electron chi connectivity index (χ2n) is 8.77. The standard InChI is InChI=1S/C20H31N5O2/c1-15(26)24-10-6-16(7-11-24)19(27)25-12-17(18-22-21-14-23(18)2)20(13-25)8-4-3-5-9-20/h14,16-17H,3-13H2,1-2H3. The number of amides is 2. The van der Waals surface area contributed by atoms with Gasteiger partial charge in [0.15, 0.2) is 0 Å². The predicted octanol–water partition coefficient (Wildman–Crippen LogP) is 1.95. The quantitative estimate of drug-likeness (QED) is 0.794. The van der Waals surface area contributed by atoms with Crippen molar-refractivity contribution in [1.82, 2.24) is 24.6 Å². The van der Waals surface area contributed by atoms with Gasteiger partial charge in [0.05, 0.1) is 0 Å². The fourth-order valence-corrected chi connectivity index (χ4v) is 5.56. The molecule has 4 rings (SSSR count). The van der Waals surface area contributed by atoms with Crippen LogP contribution in [0, 0.1) is 11.3 Å². The van der Waals surface area contributed by atoms with E-state index in [9.17, 15) is 9.59 Å². The number of carbonyl (C=O) groups is 2. The van der Waals surface area contributed by atoms with Gasteiger partial charge in [-0.25, -0.2) is 0 Å². The first-order chi connectivity index (χ1) is 13.0. The molecule has 1 atom stereocenters. The molecule has 148 valence electrons. The number of piperidine rings is 1. The lowest BCUT2D eigenvalue weighted by Gasteiger charge is -2.37. The van der Waals surface area contributed by atoms with Crippen molar-refractivity contribution in [2.45, 2.75) is 57.8 Å². The zero-order valence-corrected chi connectivity index (χ0v) is 16.6. The molecule has 1 aromatic heterocycles. The molecule has 1 unspecified atom stereocenters. The van der Waals surface area contributed by atoms with E-state index >= 15 is 0 Å². The van der Waals surface area contributed by atoms with Gasteiger partial charge in [0.1, 0.15) is 12.2 Å². The summed E-state index contributed by atoms with van der Waals surface area (Å²) in [7, 11) is 2.01. The number of hydrogen-bond acceptors (Lipinski definition) is 4. The van der Waals surface area contributed by atoms with Crippen LogP contribution in [0.1, 0.15) is 63.6 Å². The molecule has 1 aromatic rings. The molecule has 7 nitrogen and oxygen atoms in total. The van der Waals surface area contributed by atoms with E-state index in [4.69, 9.17) is 0 Å². The molecule has 1 aliphatic carbocycles. The van der Waals surface area contributed by atoms with Crippen LogP contribution in [0.2, 0.25) is 0 Å². The summed E-state index contributed by atoms with van der Waals surface area (Å²) in [6.07, 6.45) is 9.49. The first kappa shape index (κ1) is 18.4. The van der Waals surface area contributed by atoms with Gasteiger partial charge >= 0.3 is 0 Å². The van der Waals surface area contributed by atoms with Crippen molar-refractivity contribution in [1.29, 1.82) is 0 Å². The molecule has 0 bridgehead atoms. The van der Waals surface area contributed by atoms with Crippen molar-refractivity contribution in [3.8, 4) is 0 Å². The van der Waals surface area contributed by atoms with Gasteiger partial charge in [-0.2, -0.15) is 0 Å². The molecule has 0 aromatic carbocycles. The molecule has 2 saturated heterocycles. The van der Waals surface area contributed by atoms with Crippen LogP contribution in [0.3, 0.4) is 0 Å². The third kappa shape index (κ3) is 3.36. The molecular weight excluding hydrogens is 342 g/mol. The van der Waals surface area contributed by atoms with Gasteiger partial charge in [0.2, 0.25) is 11.8 Å². The van der Waals surface area contributed by atoms with Crippen molar-refractivity contribution in [3.63, 3.8) is 0 Å². The first-order valence-electron chi connectivity index (χ1n) is 10.4. The number of aryl methyl sites for hydroxylation is 1. The number of rotatable bonds is 2. The van der Waals surface area contributed by atoms with Gasteiger partial charge < -0.3 is 14.4 Å². The predicted molar refractivity (Wildman–Crippen MR) is 101 cm³/mol. The zero-order chi connectivity index (χ0) is 19.0. The second-order valence-corrected chi connectivity index (χ2v) is 8.77. The van der Waals surface area contributed by atoms with Crippen LogP contribution in [0.5, 0.6) is 0 Å². The maximum Gasteiger partial charge on any atom is 0.225 e. The second kappa shape index (κ2) is 7.24. The topological polar surface area (TPSA) is 71.3 Å². The van der Waals surface area contributed by atoms with E-state index in [0.717, 1.165) is 31.8 Å². The SMILES string of the molecule is CC(=O)N1CCC(C(=O)N2CC(c3nncn3C)C3(CCCCC3)C2)CC1. The monoisotopic (exact) mass is 373 g/mol. The summed E-state index contributed by atoms with van der Waals surface area (Å²) in [5.41, 5.74) is 0.161. The average molecular weight is 374 g/mol. The highest BCUT2D eigenvalue weighted by molar-refractivity contribution is 5.80. The fourth-order valence-electron chi connectivity index (χ4n) is 5.56. The molecule has 3 fully saturated rings. The minimum absolute atomic E-state index is 0.0551. The van der Waals surface area contributed by atoms with Gasteiger partial charge in [-0.3, -0.25) is 9.59 Å². The molecule has 7 heteroatoms. The van der Waals surface area contributed by atoms with Crippen LogP contribution in [0.15, 0.2) is 6.33 Å². The average Bonchev–Trinajstić information content (AvgIpc) is 3.25. The van der Waals surface area contributed by atoms with Gasteiger partial charge in [0, 0.05) is 52.0 Å². The summed E-state index contributed by atoms with van der Waals surface area (Å²) >= 11 is 0. The lowest BCUT2D eigenvalue weighted by atomic mass is 9.67. The zero-order valence-electron chi connectivity index (χ0n) is 16.6. The molecule has 3 aliphatic rings. The Morgan fingerprint density at radius 1 is 1.11 bits per heavy atom. The number of aromatic nitrogens is 3. The van der Waals surface area contributed by atoms with Gasteiger partial charge in [-0.05, 0) is 31.1 Å². The Labute approximate surface area is 161 Å². The van der Waals surface area contributed by atoms with E-state index < -0.39 is 0 Å². The number of carbonyl (C=O) groups excluding carboxylic acids is 2. The number of likely N-dealkylation sites (tertiary alicyclic amines) is 2. The van der Waals surface area contributed by atoms with E-state index in [1.165, 1.54) is 32.1 Å². The van der Waals surface area contributed by atoms with Crippen molar-refractivity contribution < 1.29 is 9.59 Å². The first-order valence-corrected chi connectivity index (χ1v) is 10.4. The molecule has 1 spiro atoms. The largest absolute Gasteiger partial charge is 0.343 e. The number of nitrogens with zero attached hydrogens (tertiary/aromatic N) is 5. The minimum atomic E-state index is 0.0551. The molecule has 3 heterocycles. The summed E-state index contributed by atoms with van der Waals surface area (Å²) in [6.45, 7) is 4.64. The lowest BCUT2D eigenvalue weighted by Crippen LogP contribution is -2.43. The van der Waals surface area contributed by atoms with Crippen molar-refractivity contribution in [2.24, 2.45) is 18.4 Å². The molecule has 0 radical (unpaired) electrons. The maximum absolute atomic E-state index is 13.3. The van der Waals surface area contributed by atoms with Gasteiger partial charge in [-0.15, -0.1) is 10.2 Å². The van der Waals surface area contributed by atoms with E-state index in [2.05, 4.69) is 15.1 Å². The molecule has 2 aliphatic heterocycles. The third-order valence-electron chi connectivity index (χ3n) is 7.16. The van der Waals surface area contributed by atoms with Crippen LogP contribution in [-0.2, 0) is 16.6 Å². The van der Waals surface area contributed by atoms with Crippen molar-refractivity contribution in [2.75, 3.05) is 26.2 Å². The Morgan fingerprint density at radius 2 is 1.81 bits per heavy atom. The smallest absolute Gasteiger partial charge is 0.225 e.